The molecule has 0 unspecified atom stereocenters. The number of imidazole rings is 1. The standard InChI is InChI=1S/C11H17N5O3S/c12-20(18,19)8-2-1-4-14-6-7-16(10-14)11(17)15-5-3-13-9-15/h3,5-7,9H,1-2,4,8,10H2,(H2,12,18,19). The van der Waals surface area contributed by atoms with Crippen LogP contribution >= 0.6 is 0 Å². The summed E-state index contributed by atoms with van der Waals surface area (Å²) in [7, 11) is -3.39. The van der Waals surface area contributed by atoms with Crippen molar-refractivity contribution in [1.29, 1.82) is 0 Å². The minimum absolute atomic E-state index is 0.0117. The smallest absolute Gasteiger partial charge is 0.334 e. The van der Waals surface area contributed by atoms with Gasteiger partial charge in [0.25, 0.3) is 0 Å². The van der Waals surface area contributed by atoms with Gasteiger partial charge in [0.15, 0.2) is 0 Å². The molecular formula is C11H17N5O3S. The zero-order chi connectivity index (χ0) is 14.6. The van der Waals surface area contributed by atoms with Crippen molar-refractivity contribution in [2.75, 3.05) is 19.0 Å². The molecule has 0 saturated carbocycles. The van der Waals surface area contributed by atoms with E-state index in [2.05, 4.69) is 4.98 Å². The van der Waals surface area contributed by atoms with Crippen molar-refractivity contribution < 1.29 is 13.2 Å². The van der Waals surface area contributed by atoms with Gasteiger partial charge in [0.1, 0.15) is 6.33 Å². The molecule has 110 valence electrons. The summed E-state index contributed by atoms with van der Waals surface area (Å²) in [6.45, 7) is 1.13. The molecule has 0 atom stereocenters. The molecule has 2 N–H and O–H groups in total. The number of carbonyl (C=O) groups excluding carboxylic acids is 1. The molecule has 1 aliphatic rings. The van der Waals surface area contributed by atoms with Crippen LogP contribution in [0.1, 0.15) is 12.8 Å². The number of nitrogens with zero attached hydrogens (tertiary/aromatic N) is 4. The lowest BCUT2D eigenvalue weighted by Gasteiger charge is -2.19. The largest absolute Gasteiger partial charge is 0.358 e. The van der Waals surface area contributed by atoms with Gasteiger partial charge in [0.2, 0.25) is 10.0 Å². The second-order valence-electron chi connectivity index (χ2n) is 4.55. The molecule has 0 bridgehead atoms. The number of sulfonamides is 1. The van der Waals surface area contributed by atoms with Crippen LogP contribution in [0.2, 0.25) is 0 Å². The first-order valence-corrected chi connectivity index (χ1v) is 7.89. The van der Waals surface area contributed by atoms with Crippen LogP contribution in [0.4, 0.5) is 4.79 Å². The Bertz CT molecular complexity index is 581. The van der Waals surface area contributed by atoms with Crippen LogP contribution < -0.4 is 5.14 Å². The van der Waals surface area contributed by atoms with E-state index in [1.165, 1.54) is 10.9 Å². The molecular weight excluding hydrogens is 282 g/mol. The Morgan fingerprint density at radius 1 is 1.30 bits per heavy atom. The monoisotopic (exact) mass is 299 g/mol. The summed E-state index contributed by atoms with van der Waals surface area (Å²) < 4.78 is 23.0. The molecule has 8 nitrogen and oxygen atoms in total. The average Bonchev–Trinajstić information content (AvgIpc) is 3.04. The van der Waals surface area contributed by atoms with Gasteiger partial charge in [-0.05, 0) is 12.8 Å². The molecule has 0 aliphatic carbocycles. The molecule has 1 aromatic heterocycles. The predicted octanol–water partition coefficient (Wildman–Crippen LogP) is -0.0338. The first kappa shape index (κ1) is 14.5. The van der Waals surface area contributed by atoms with E-state index in [4.69, 9.17) is 5.14 Å². The van der Waals surface area contributed by atoms with Crippen LogP contribution in [0.15, 0.2) is 31.1 Å². The highest BCUT2D eigenvalue weighted by Gasteiger charge is 2.19. The first-order valence-electron chi connectivity index (χ1n) is 6.17. The summed E-state index contributed by atoms with van der Waals surface area (Å²) in [5.41, 5.74) is 0. The predicted molar refractivity (Wildman–Crippen MR) is 72.8 cm³/mol. The molecule has 1 amide bonds. The lowest BCUT2D eigenvalue weighted by Crippen LogP contribution is -2.33. The van der Waals surface area contributed by atoms with Crippen molar-refractivity contribution in [3.8, 4) is 0 Å². The lowest BCUT2D eigenvalue weighted by molar-refractivity contribution is 0.203. The minimum atomic E-state index is -3.39. The number of nitrogens with two attached hydrogens (primary N) is 1. The fourth-order valence-corrected chi connectivity index (χ4v) is 2.48. The molecule has 2 heterocycles. The molecule has 0 spiro atoms. The van der Waals surface area contributed by atoms with E-state index in [0.717, 1.165) is 0 Å². The number of primary sulfonamides is 1. The van der Waals surface area contributed by atoms with Crippen molar-refractivity contribution in [1.82, 2.24) is 19.4 Å². The van der Waals surface area contributed by atoms with Crippen LogP contribution in [-0.2, 0) is 10.0 Å². The zero-order valence-corrected chi connectivity index (χ0v) is 11.7. The molecule has 0 radical (unpaired) electrons. The summed E-state index contributed by atoms with van der Waals surface area (Å²) in [5, 5.41) is 4.93. The maximum Gasteiger partial charge on any atom is 0.334 e. The van der Waals surface area contributed by atoms with Crippen LogP contribution in [-0.4, -0.2) is 52.8 Å². The number of unbranched alkanes of at least 4 members (excludes halogenated alkanes) is 1. The van der Waals surface area contributed by atoms with Gasteiger partial charge in [-0.3, -0.25) is 9.47 Å². The van der Waals surface area contributed by atoms with E-state index in [-0.39, 0.29) is 11.8 Å². The minimum Gasteiger partial charge on any atom is -0.358 e. The van der Waals surface area contributed by atoms with E-state index in [1.807, 2.05) is 11.1 Å². The highest BCUT2D eigenvalue weighted by atomic mass is 32.2. The number of amides is 1. The molecule has 2 rings (SSSR count). The fourth-order valence-electron chi connectivity index (χ4n) is 1.87. The average molecular weight is 299 g/mol. The zero-order valence-electron chi connectivity index (χ0n) is 10.9. The number of aromatic nitrogens is 2. The normalized spacial score (nSPS) is 15.1. The Labute approximate surface area is 117 Å². The summed E-state index contributed by atoms with van der Waals surface area (Å²) >= 11 is 0. The van der Waals surface area contributed by atoms with Crippen LogP contribution in [0.25, 0.3) is 0 Å². The van der Waals surface area contributed by atoms with Crippen molar-refractivity contribution in [3.63, 3.8) is 0 Å². The Kier molecular flexibility index (Phi) is 4.40. The van der Waals surface area contributed by atoms with Gasteiger partial charge in [-0.25, -0.2) is 23.3 Å². The number of hydrogen-bond donors (Lipinski definition) is 1. The van der Waals surface area contributed by atoms with E-state index >= 15 is 0 Å². The Morgan fingerprint density at radius 3 is 2.75 bits per heavy atom. The third kappa shape index (κ3) is 4.07. The Morgan fingerprint density at radius 2 is 2.10 bits per heavy atom. The van der Waals surface area contributed by atoms with E-state index < -0.39 is 10.0 Å². The SMILES string of the molecule is NS(=O)(=O)CCCCN1C=CN(C(=O)n2ccnc2)C1. The fraction of sp³-hybridized carbons (Fsp3) is 0.455. The number of rotatable bonds is 5. The van der Waals surface area contributed by atoms with Crippen molar-refractivity contribution >= 4 is 16.1 Å². The van der Waals surface area contributed by atoms with Crippen molar-refractivity contribution in [2.24, 2.45) is 5.14 Å². The third-order valence-electron chi connectivity index (χ3n) is 2.89. The lowest BCUT2D eigenvalue weighted by atomic mass is 10.3. The Hall–Kier alpha value is -1.87. The molecule has 0 aromatic carbocycles. The van der Waals surface area contributed by atoms with Crippen molar-refractivity contribution in [2.45, 2.75) is 12.8 Å². The number of carbonyl (C=O) groups is 1. The maximum atomic E-state index is 12.0. The van der Waals surface area contributed by atoms with Gasteiger partial charge in [-0.1, -0.05) is 0 Å². The Balaban J connectivity index is 1.74. The third-order valence-corrected chi connectivity index (χ3v) is 3.74. The molecule has 0 saturated heterocycles. The van der Waals surface area contributed by atoms with Gasteiger partial charge in [0.05, 0.1) is 12.4 Å². The summed E-state index contributed by atoms with van der Waals surface area (Å²) in [6.07, 6.45) is 9.30. The summed E-state index contributed by atoms with van der Waals surface area (Å²) in [6, 6.07) is -0.175. The van der Waals surface area contributed by atoms with E-state index in [9.17, 15) is 13.2 Å². The van der Waals surface area contributed by atoms with Gasteiger partial charge in [-0.15, -0.1) is 0 Å². The highest BCUT2D eigenvalue weighted by molar-refractivity contribution is 7.89. The van der Waals surface area contributed by atoms with E-state index in [0.29, 0.717) is 26.1 Å². The summed E-state index contributed by atoms with van der Waals surface area (Å²) in [5.74, 6) is -0.0117. The second kappa shape index (κ2) is 6.06. The molecule has 9 heteroatoms. The van der Waals surface area contributed by atoms with Crippen LogP contribution in [0.5, 0.6) is 0 Å². The van der Waals surface area contributed by atoms with Crippen LogP contribution in [0, 0.1) is 0 Å². The maximum absolute atomic E-state index is 12.0. The van der Waals surface area contributed by atoms with Gasteiger partial charge in [-0.2, -0.15) is 0 Å². The highest BCUT2D eigenvalue weighted by Crippen LogP contribution is 2.10. The number of hydrogen-bond acceptors (Lipinski definition) is 5. The quantitative estimate of drug-likeness (QED) is 0.769. The summed E-state index contributed by atoms with van der Waals surface area (Å²) in [4.78, 5) is 19.3. The van der Waals surface area contributed by atoms with Crippen molar-refractivity contribution in [3.05, 3.63) is 31.1 Å². The van der Waals surface area contributed by atoms with Crippen LogP contribution in [0.3, 0.4) is 0 Å². The topological polar surface area (TPSA) is 102 Å². The molecule has 1 aromatic rings. The van der Waals surface area contributed by atoms with Gasteiger partial charge in [0, 0.05) is 31.3 Å². The van der Waals surface area contributed by atoms with Gasteiger partial charge < -0.3 is 4.90 Å². The van der Waals surface area contributed by atoms with E-state index in [1.54, 1.807) is 23.5 Å². The molecule has 20 heavy (non-hydrogen) atoms. The molecule has 1 aliphatic heterocycles. The first-order chi connectivity index (χ1) is 9.46. The van der Waals surface area contributed by atoms with Gasteiger partial charge >= 0.3 is 6.03 Å². The molecule has 0 fully saturated rings. The second-order valence-corrected chi connectivity index (χ2v) is 6.28.